The van der Waals surface area contributed by atoms with E-state index in [0.29, 0.717) is 36.3 Å². The maximum Gasteiger partial charge on any atom is 0.410 e. The zero-order chi connectivity index (χ0) is 24.2. The Kier molecular flexibility index (Phi) is 7.51. The minimum Gasteiger partial charge on any atom is -0.444 e. The first-order valence-corrected chi connectivity index (χ1v) is 11.2. The van der Waals surface area contributed by atoms with Gasteiger partial charge in [0.2, 0.25) is 0 Å². The summed E-state index contributed by atoms with van der Waals surface area (Å²) in [5.41, 5.74) is 0.442. The van der Waals surface area contributed by atoms with Gasteiger partial charge in [-0.2, -0.15) is 0 Å². The highest BCUT2D eigenvalue weighted by molar-refractivity contribution is 6.15. The molecule has 0 aromatic heterocycles. The molecule has 2 aromatic rings. The van der Waals surface area contributed by atoms with Crippen molar-refractivity contribution in [3.63, 3.8) is 0 Å². The molecular formula is C26H31FN2O4. The molecule has 1 saturated heterocycles. The number of carbonyl (C=O) groups excluding carboxylic acids is 3. The lowest BCUT2D eigenvalue weighted by Crippen LogP contribution is -2.43. The van der Waals surface area contributed by atoms with Crippen molar-refractivity contribution in [2.45, 2.75) is 39.2 Å². The van der Waals surface area contributed by atoms with E-state index < -0.39 is 11.4 Å². The number of benzene rings is 2. The van der Waals surface area contributed by atoms with Gasteiger partial charge in [-0.15, -0.1) is 0 Å². The summed E-state index contributed by atoms with van der Waals surface area (Å²) < 4.78 is 18.6. The van der Waals surface area contributed by atoms with Gasteiger partial charge in [0.1, 0.15) is 11.4 Å². The first kappa shape index (κ1) is 24.4. The number of rotatable bonds is 5. The van der Waals surface area contributed by atoms with Crippen LogP contribution in [-0.2, 0) is 4.74 Å². The third-order valence-electron chi connectivity index (χ3n) is 5.65. The molecule has 7 heteroatoms. The number of likely N-dealkylation sites (tertiary alicyclic amines) is 1. The first-order chi connectivity index (χ1) is 15.5. The highest BCUT2D eigenvalue weighted by Crippen LogP contribution is 2.23. The van der Waals surface area contributed by atoms with E-state index >= 15 is 0 Å². The molecule has 0 atom stereocenters. The molecule has 1 fully saturated rings. The van der Waals surface area contributed by atoms with Crippen LogP contribution in [-0.4, -0.2) is 59.9 Å². The summed E-state index contributed by atoms with van der Waals surface area (Å²) in [6.45, 7) is 7.16. The largest absolute Gasteiger partial charge is 0.444 e. The van der Waals surface area contributed by atoms with Crippen LogP contribution in [0.4, 0.5) is 9.18 Å². The molecule has 176 valence electrons. The van der Waals surface area contributed by atoms with Gasteiger partial charge in [0.25, 0.3) is 5.91 Å². The van der Waals surface area contributed by atoms with Crippen molar-refractivity contribution >= 4 is 17.8 Å². The van der Waals surface area contributed by atoms with Gasteiger partial charge in [0, 0.05) is 37.8 Å². The molecule has 6 nitrogen and oxygen atoms in total. The SMILES string of the molecule is CN(CC1CCN(C(=O)c2ccccc2C(=O)c2ccc(F)cc2)CC1)C(=O)OC(C)(C)C. The zero-order valence-corrected chi connectivity index (χ0v) is 19.6. The molecule has 1 aliphatic rings. The van der Waals surface area contributed by atoms with Gasteiger partial charge in [0.15, 0.2) is 5.78 Å². The minimum atomic E-state index is -0.542. The standard InChI is InChI=1S/C26H31FN2O4/c1-26(2,3)33-25(32)28(4)17-18-13-15-29(16-14-18)24(31)22-8-6-5-7-21(22)23(30)19-9-11-20(27)12-10-19/h5-12,18H,13-17H2,1-4H3. The summed E-state index contributed by atoms with van der Waals surface area (Å²) in [6.07, 6.45) is 1.16. The number of nitrogens with zero attached hydrogens (tertiary/aromatic N) is 2. The Morgan fingerprint density at radius 3 is 2.15 bits per heavy atom. The molecule has 33 heavy (non-hydrogen) atoms. The quantitative estimate of drug-likeness (QED) is 0.610. The second-order valence-electron chi connectivity index (χ2n) is 9.48. The molecule has 1 heterocycles. The van der Waals surface area contributed by atoms with Crippen LogP contribution in [0.2, 0.25) is 0 Å². The molecule has 0 N–H and O–H groups in total. The van der Waals surface area contributed by atoms with Crippen molar-refractivity contribution in [1.82, 2.24) is 9.80 Å². The highest BCUT2D eigenvalue weighted by Gasteiger charge is 2.28. The normalized spacial score (nSPS) is 14.6. The highest BCUT2D eigenvalue weighted by atomic mass is 19.1. The topological polar surface area (TPSA) is 66.9 Å². The van der Waals surface area contributed by atoms with Crippen molar-refractivity contribution < 1.29 is 23.5 Å². The summed E-state index contributed by atoms with van der Waals surface area (Å²) in [4.78, 5) is 41.7. The Labute approximate surface area is 194 Å². The summed E-state index contributed by atoms with van der Waals surface area (Å²) >= 11 is 0. The van der Waals surface area contributed by atoms with Crippen LogP contribution in [0.25, 0.3) is 0 Å². The van der Waals surface area contributed by atoms with Gasteiger partial charge in [-0.3, -0.25) is 9.59 Å². The van der Waals surface area contributed by atoms with Crippen LogP contribution in [0.3, 0.4) is 0 Å². The van der Waals surface area contributed by atoms with Gasteiger partial charge >= 0.3 is 6.09 Å². The molecule has 0 spiro atoms. The summed E-state index contributed by atoms with van der Waals surface area (Å²) in [7, 11) is 1.73. The number of ether oxygens (including phenoxy) is 1. The number of ketones is 1. The van der Waals surface area contributed by atoms with Crippen molar-refractivity contribution in [1.29, 1.82) is 0 Å². The molecule has 2 aromatic carbocycles. The van der Waals surface area contributed by atoms with Crippen LogP contribution >= 0.6 is 0 Å². The molecular weight excluding hydrogens is 423 g/mol. The molecule has 1 aliphatic heterocycles. The van der Waals surface area contributed by atoms with Gasteiger partial charge in [-0.05, 0) is 69.9 Å². The van der Waals surface area contributed by atoms with Crippen LogP contribution in [0.1, 0.15) is 59.9 Å². The van der Waals surface area contributed by atoms with Gasteiger partial charge in [0.05, 0.1) is 5.56 Å². The smallest absolute Gasteiger partial charge is 0.410 e. The Balaban J connectivity index is 1.63. The fourth-order valence-electron chi connectivity index (χ4n) is 3.92. The predicted octanol–water partition coefficient (Wildman–Crippen LogP) is 4.78. The number of carbonyl (C=O) groups is 3. The zero-order valence-electron chi connectivity index (χ0n) is 19.6. The molecule has 0 saturated carbocycles. The Morgan fingerprint density at radius 2 is 1.58 bits per heavy atom. The second-order valence-corrected chi connectivity index (χ2v) is 9.48. The van der Waals surface area contributed by atoms with E-state index in [9.17, 15) is 18.8 Å². The minimum absolute atomic E-state index is 0.194. The van der Waals surface area contributed by atoms with Crippen molar-refractivity contribution in [2.75, 3.05) is 26.7 Å². The number of hydrogen-bond donors (Lipinski definition) is 0. The lowest BCUT2D eigenvalue weighted by molar-refractivity contribution is 0.0246. The predicted molar refractivity (Wildman–Crippen MR) is 124 cm³/mol. The first-order valence-electron chi connectivity index (χ1n) is 11.2. The molecule has 0 unspecified atom stereocenters. The second kappa shape index (κ2) is 10.1. The van der Waals surface area contributed by atoms with Crippen molar-refractivity contribution in [2.24, 2.45) is 5.92 Å². The summed E-state index contributed by atoms with van der Waals surface area (Å²) in [5.74, 6) is -0.661. The average Bonchev–Trinajstić information content (AvgIpc) is 2.78. The van der Waals surface area contributed by atoms with Crippen molar-refractivity contribution in [3.8, 4) is 0 Å². The third kappa shape index (κ3) is 6.40. The number of piperidine rings is 1. The Bertz CT molecular complexity index is 1010. The lowest BCUT2D eigenvalue weighted by Gasteiger charge is -2.34. The third-order valence-corrected chi connectivity index (χ3v) is 5.65. The number of amides is 2. The van der Waals surface area contributed by atoms with E-state index in [1.807, 2.05) is 20.8 Å². The van der Waals surface area contributed by atoms with E-state index in [4.69, 9.17) is 4.74 Å². The van der Waals surface area contributed by atoms with E-state index in [0.717, 1.165) is 12.8 Å². The molecule has 0 bridgehead atoms. The summed E-state index contributed by atoms with van der Waals surface area (Å²) in [6, 6.07) is 12.0. The van der Waals surface area contributed by atoms with Crippen molar-refractivity contribution in [3.05, 3.63) is 71.0 Å². The van der Waals surface area contributed by atoms with Crippen LogP contribution in [0, 0.1) is 11.7 Å². The van der Waals surface area contributed by atoms with Gasteiger partial charge in [-0.25, -0.2) is 9.18 Å². The van der Waals surface area contributed by atoms with E-state index in [1.54, 1.807) is 41.1 Å². The lowest BCUT2D eigenvalue weighted by atomic mass is 9.94. The van der Waals surface area contributed by atoms with Gasteiger partial charge < -0.3 is 14.5 Å². The van der Waals surface area contributed by atoms with Crippen LogP contribution in [0.15, 0.2) is 48.5 Å². The van der Waals surface area contributed by atoms with Gasteiger partial charge in [-0.1, -0.05) is 18.2 Å². The maximum atomic E-state index is 13.2. The summed E-state index contributed by atoms with van der Waals surface area (Å²) in [5, 5.41) is 0. The molecule has 3 rings (SSSR count). The number of hydrogen-bond acceptors (Lipinski definition) is 4. The van der Waals surface area contributed by atoms with E-state index in [2.05, 4.69) is 0 Å². The van der Waals surface area contributed by atoms with Crippen LogP contribution < -0.4 is 0 Å². The monoisotopic (exact) mass is 454 g/mol. The average molecular weight is 455 g/mol. The molecule has 2 amide bonds. The molecule has 0 aliphatic carbocycles. The molecule has 0 radical (unpaired) electrons. The Hall–Kier alpha value is -3.22. The number of halogens is 1. The maximum absolute atomic E-state index is 13.2. The Morgan fingerprint density at radius 1 is 1.00 bits per heavy atom. The fourth-order valence-corrected chi connectivity index (χ4v) is 3.92. The van der Waals surface area contributed by atoms with E-state index in [-0.39, 0.29) is 23.7 Å². The fraction of sp³-hybridized carbons (Fsp3) is 0.423. The van der Waals surface area contributed by atoms with Crippen LogP contribution in [0.5, 0.6) is 0 Å². The van der Waals surface area contributed by atoms with E-state index in [1.165, 1.54) is 24.3 Å².